The van der Waals surface area contributed by atoms with Crippen LogP contribution in [0, 0.1) is 13.8 Å². The number of carbonyl (C=O) groups is 1. The molecule has 118 valence electrons. The van der Waals surface area contributed by atoms with Crippen LogP contribution < -0.4 is 0 Å². The van der Waals surface area contributed by atoms with E-state index in [4.69, 9.17) is 0 Å². The van der Waals surface area contributed by atoms with Gasteiger partial charge in [-0.1, -0.05) is 18.2 Å². The van der Waals surface area contributed by atoms with Crippen LogP contribution in [0.4, 0.5) is 0 Å². The van der Waals surface area contributed by atoms with Gasteiger partial charge in [-0.25, -0.2) is 4.98 Å². The molecule has 0 saturated carbocycles. The summed E-state index contributed by atoms with van der Waals surface area (Å²) in [4.78, 5) is 23.5. The third kappa shape index (κ3) is 2.82. The zero-order chi connectivity index (χ0) is 16.6. The van der Waals surface area contributed by atoms with E-state index in [1.54, 1.807) is 18.1 Å². The fourth-order valence-electron chi connectivity index (χ4n) is 2.74. The number of nitrogens with zero attached hydrogens (tertiary/aromatic N) is 4. The van der Waals surface area contributed by atoms with Crippen LogP contribution in [0.3, 0.4) is 0 Å². The Labute approximate surface area is 135 Å². The van der Waals surface area contributed by atoms with Crippen LogP contribution >= 0.6 is 0 Å². The zero-order valence-corrected chi connectivity index (χ0v) is 13.9. The highest BCUT2D eigenvalue weighted by atomic mass is 16.2. The molecule has 3 rings (SSSR count). The maximum absolute atomic E-state index is 12.9. The third-order valence-corrected chi connectivity index (χ3v) is 4.05. The molecule has 0 atom stereocenters. The third-order valence-electron chi connectivity index (χ3n) is 4.05. The van der Waals surface area contributed by atoms with Crippen molar-refractivity contribution in [2.45, 2.75) is 20.4 Å². The summed E-state index contributed by atoms with van der Waals surface area (Å²) in [6, 6.07) is 7.79. The Morgan fingerprint density at radius 2 is 2.09 bits per heavy atom. The molecule has 0 fully saturated rings. The van der Waals surface area contributed by atoms with Crippen LogP contribution in [0.25, 0.3) is 10.9 Å². The van der Waals surface area contributed by atoms with Crippen molar-refractivity contribution in [2.75, 3.05) is 7.05 Å². The Morgan fingerprint density at radius 3 is 2.78 bits per heavy atom. The number of rotatable bonds is 3. The Balaban J connectivity index is 2.00. The first-order valence-electron chi connectivity index (χ1n) is 7.56. The molecule has 5 nitrogen and oxygen atoms in total. The Hall–Kier alpha value is -2.69. The highest BCUT2D eigenvalue weighted by molar-refractivity contribution is 6.06. The molecule has 1 aromatic carbocycles. The molecule has 23 heavy (non-hydrogen) atoms. The molecule has 0 aliphatic rings. The summed E-state index contributed by atoms with van der Waals surface area (Å²) in [5.41, 5.74) is 3.50. The maximum Gasteiger partial charge on any atom is 0.254 e. The molecule has 2 aromatic heterocycles. The predicted molar refractivity (Wildman–Crippen MR) is 90.2 cm³/mol. The van der Waals surface area contributed by atoms with E-state index in [1.807, 2.05) is 55.9 Å². The van der Waals surface area contributed by atoms with Gasteiger partial charge in [0.1, 0.15) is 5.82 Å². The number of fused-ring (bicyclic) bond motifs is 1. The first-order chi connectivity index (χ1) is 11.0. The topological polar surface area (TPSA) is 51.0 Å². The number of hydrogen-bond donors (Lipinski definition) is 0. The number of pyridine rings is 1. The molecule has 0 N–H and O–H groups in total. The van der Waals surface area contributed by atoms with Gasteiger partial charge in [-0.3, -0.25) is 9.78 Å². The van der Waals surface area contributed by atoms with Crippen LogP contribution in [0.1, 0.15) is 27.4 Å². The highest BCUT2D eigenvalue weighted by Gasteiger charge is 2.18. The van der Waals surface area contributed by atoms with Crippen molar-refractivity contribution in [3.8, 4) is 0 Å². The molecular weight excluding hydrogens is 288 g/mol. The van der Waals surface area contributed by atoms with Crippen molar-refractivity contribution in [3.63, 3.8) is 0 Å². The average molecular weight is 308 g/mol. The molecule has 1 amide bonds. The lowest BCUT2D eigenvalue weighted by Crippen LogP contribution is -2.28. The minimum absolute atomic E-state index is 0.0194. The van der Waals surface area contributed by atoms with Crippen molar-refractivity contribution in [1.82, 2.24) is 19.4 Å². The van der Waals surface area contributed by atoms with E-state index in [-0.39, 0.29) is 5.91 Å². The molecule has 0 saturated heterocycles. The van der Waals surface area contributed by atoms with Crippen molar-refractivity contribution in [1.29, 1.82) is 0 Å². The SMILES string of the molecule is Cc1cc(C(=O)N(C)Cc2nccn2C)c2cccc(C)c2n1. The first kappa shape index (κ1) is 15.2. The maximum atomic E-state index is 12.9. The van der Waals surface area contributed by atoms with Crippen LogP contribution in [0.5, 0.6) is 0 Å². The van der Waals surface area contributed by atoms with E-state index in [1.165, 1.54) is 0 Å². The van der Waals surface area contributed by atoms with E-state index in [0.29, 0.717) is 12.1 Å². The fraction of sp³-hybridized carbons (Fsp3) is 0.278. The van der Waals surface area contributed by atoms with Gasteiger partial charge in [0.25, 0.3) is 5.91 Å². The van der Waals surface area contributed by atoms with Crippen LogP contribution in [-0.4, -0.2) is 32.4 Å². The second kappa shape index (κ2) is 5.83. The molecule has 3 aromatic rings. The first-order valence-corrected chi connectivity index (χ1v) is 7.56. The predicted octanol–water partition coefficient (Wildman–Crippen LogP) is 2.86. The number of aryl methyl sites for hydroxylation is 3. The molecule has 0 aliphatic heterocycles. The normalized spacial score (nSPS) is 11.0. The van der Waals surface area contributed by atoms with Crippen molar-refractivity contribution < 1.29 is 4.79 Å². The highest BCUT2D eigenvalue weighted by Crippen LogP contribution is 2.22. The molecule has 0 unspecified atom stereocenters. The lowest BCUT2D eigenvalue weighted by atomic mass is 10.0. The summed E-state index contributed by atoms with van der Waals surface area (Å²) in [6.45, 7) is 4.40. The van der Waals surface area contributed by atoms with E-state index in [0.717, 1.165) is 28.0 Å². The smallest absolute Gasteiger partial charge is 0.254 e. The van der Waals surface area contributed by atoms with Crippen LogP contribution in [0.2, 0.25) is 0 Å². The van der Waals surface area contributed by atoms with Crippen LogP contribution in [-0.2, 0) is 13.6 Å². The van der Waals surface area contributed by atoms with Gasteiger partial charge in [-0.2, -0.15) is 0 Å². The lowest BCUT2D eigenvalue weighted by Gasteiger charge is -2.18. The summed E-state index contributed by atoms with van der Waals surface area (Å²) in [5, 5.41) is 0.896. The second-order valence-electron chi connectivity index (χ2n) is 5.90. The monoisotopic (exact) mass is 308 g/mol. The molecule has 0 radical (unpaired) electrons. The summed E-state index contributed by atoms with van der Waals surface area (Å²) in [7, 11) is 3.73. The van der Waals surface area contributed by atoms with Gasteiger partial charge in [0.15, 0.2) is 0 Å². The second-order valence-corrected chi connectivity index (χ2v) is 5.90. The molecule has 0 aliphatic carbocycles. The van der Waals surface area contributed by atoms with Gasteiger partial charge in [0.05, 0.1) is 17.6 Å². The van der Waals surface area contributed by atoms with Gasteiger partial charge in [-0.15, -0.1) is 0 Å². The van der Waals surface area contributed by atoms with E-state index in [9.17, 15) is 4.79 Å². The number of para-hydroxylation sites is 1. The summed E-state index contributed by atoms with van der Waals surface area (Å²) in [6.07, 6.45) is 3.62. The summed E-state index contributed by atoms with van der Waals surface area (Å²) in [5.74, 6) is 0.834. The quantitative estimate of drug-likeness (QED) is 0.747. The van der Waals surface area contributed by atoms with Gasteiger partial charge >= 0.3 is 0 Å². The largest absolute Gasteiger partial charge is 0.337 e. The molecule has 0 spiro atoms. The van der Waals surface area contributed by atoms with Gasteiger partial charge in [0.2, 0.25) is 0 Å². The number of imidazole rings is 1. The molecule has 2 heterocycles. The number of benzene rings is 1. The molecule has 0 bridgehead atoms. The fourth-order valence-corrected chi connectivity index (χ4v) is 2.74. The van der Waals surface area contributed by atoms with Crippen molar-refractivity contribution >= 4 is 16.8 Å². The Kier molecular flexibility index (Phi) is 3.86. The van der Waals surface area contributed by atoms with Gasteiger partial charge in [0, 0.05) is 37.6 Å². The zero-order valence-electron chi connectivity index (χ0n) is 13.9. The van der Waals surface area contributed by atoms with E-state index >= 15 is 0 Å². The number of amides is 1. The van der Waals surface area contributed by atoms with E-state index < -0.39 is 0 Å². The van der Waals surface area contributed by atoms with Crippen molar-refractivity contribution in [3.05, 3.63) is 59.3 Å². The summed E-state index contributed by atoms with van der Waals surface area (Å²) >= 11 is 0. The van der Waals surface area contributed by atoms with Gasteiger partial charge in [-0.05, 0) is 25.5 Å². The number of aromatic nitrogens is 3. The standard InChI is InChI=1S/C18H20N4O/c1-12-6-5-7-14-15(10-13(2)20-17(12)14)18(23)22(4)11-16-19-8-9-21(16)3/h5-10H,11H2,1-4H3. The Bertz CT molecular complexity index is 882. The minimum Gasteiger partial charge on any atom is -0.337 e. The number of carbonyl (C=O) groups excluding carboxylic acids is 1. The van der Waals surface area contributed by atoms with Gasteiger partial charge < -0.3 is 9.47 Å². The Morgan fingerprint density at radius 1 is 1.30 bits per heavy atom. The average Bonchev–Trinajstić information content (AvgIpc) is 2.92. The molecule has 5 heteroatoms. The van der Waals surface area contributed by atoms with Crippen LogP contribution in [0.15, 0.2) is 36.7 Å². The number of hydrogen-bond acceptors (Lipinski definition) is 3. The minimum atomic E-state index is -0.0194. The molecular formula is C18H20N4O. The van der Waals surface area contributed by atoms with E-state index in [2.05, 4.69) is 9.97 Å². The van der Waals surface area contributed by atoms with Crippen molar-refractivity contribution in [2.24, 2.45) is 7.05 Å². The lowest BCUT2D eigenvalue weighted by molar-refractivity contribution is 0.0782. The summed E-state index contributed by atoms with van der Waals surface area (Å²) < 4.78 is 1.92.